The smallest absolute Gasteiger partial charge is 0.410 e. The van der Waals surface area contributed by atoms with Crippen molar-refractivity contribution in [1.29, 1.82) is 0 Å². The van der Waals surface area contributed by atoms with Crippen molar-refractivity contribution in [3.63, 3.8) is 0 Å². The van der Waals surface area contributed by atoms with Gasteiger partial charge in [-0.1, -0.05) is 11.6 Å². The molecule has 0 unspecified atom stereocenters. The summed E-state index contributed by atoms with van der Waals surface area (Å²) in [4.78, 5) is 28.6. The molecule has 0 saturated carbocycles. The van der Waals surface area contributed by atoms with E-state index in [9.17, 15) is 9.59 Å². The second kappa shape index (κ2) is 7.66. The highest BCUT2D eigenvalue weighted by atomic mass is 35.5. The Balaban J connectivity index is 1.91. The minimum absolute atomic E-state index is 0.0310. The fraction of sp³-hybridized carbons (Fsp3) is 0.524. The van der Waals surface area contributed by atoms with Gasteiger partial charge >= 0.3 is 6.09 Å². The number of halogens is 1. The van der Waals surface area contributed by atoms with E-state index in [2.05, 4.69) is 4.57 Å². The summed E-state index contributed by atoms with van der Waals surface area (Å²) in [5, 5.41) is 1.42. The second-order valence-electron chi connectivity index (χ2n) is 8.53. The van der Waals surface area contributed by atoms with Gasteiger partial charge in [0.2, 0.25) is 0 Å². The quantitative estimate of drug-likeness (QED) is 0.760. The van der Waals surface area contributed by atoms with Gasteiger partial charge in [-0.15, -0.1) is 0 Å². The lowest BCUT2D eigenvalue weighted by atomic mass is 10.1. The molecule has 152 valence electrons. The van der Waals surface area contributed by atoms with Crippen molar-refractivity contribution < 1.29 is 14.3 Å². The van der Waals surface area contributed by atoms with Gasteiger partial charge in [-0.25, -0.2) is 4.79 Å². The summed E-state index contributed by atoms with van der Waals surface area (Å²) >= 11 is 6.18. The van der Waals surface area contributed by atoms with Crippen LogP contribution in [0.3, 0.4) is 0 Å². The van der Waals surface area contributed by atoms with E-state index in [0.717, 1.165) is 23.7 Å². The normalized spacial score (nSPS) is 17.2. The Morgan fingerprint density at radius 3 is 2.64 bits per heavy atom. The van der Waals surface area contributed by atoms with E-state index in [-0.39, 0.29) is 18.0 Å². The number of likely N-dealkylation sites (tertiary alicyclic amines) is 1. The summed E-state index contributed by atoms with van der Waals surface area (Å²) in [6.07, 6.45) is 3.44. The van der Waals surface area contributed by atoms with Crippen LogP contribution < -0.4 is 0 Å². The third-order valence-corrected chi connectivity index (χ3v) is 5.13. The average Bonchev–Trinajstić information content (AvgIpc) is 3.17. The Labute approximate surface area is 171 Å². The number of nitrogens with zero attached hydrogens (tertiary/aromatic N) is 3. The Morgan fingerprint density at radius 2 is 2.00 bits per heavy atom. The van der Waals surface area contributed by atoms with E-state index in [1.165, 1.54) is 0 Å². The lowest BCUT2D eigenvalue weighted by Gasteiger charge is -2.29. The molecular formula is C21H28ClN3O3. The second-order valence-corrected chi connectivity index (χ2v) is 8.96. The van der Waals surface area contributed by atoms with Crippen LogP contribution in [-0.4, -0.2) is 58.7 Å². The Morgan fingerprint density at radius 1 is 1.29 bits per heavy atom. The molecule has 0 N–H and O–H groups in total. The van der Waals surface area contributed by atoms with E-state index >= 15 is 0 Å². The van der Waals surface area contributed by atoms with Crippen molar-refractivity contribution in [2.75, 3.05) is 20.6 Å². The molecule has 1 atom stereocenters. The van der Waals surface area contributed by atoms with Crippen LogP contribution in [0.2, 0.25) is 5.02 Å². The van der Waals surface area contributed by atoms with Gasteiger partial charge in [0.15, 0.2) is 0 Å². The lowest BCUT2D eigenvalue weighted by molar-refractivity contribution is 0.0214. The summed E-state index contributed by atoms with van der Waals surface area (Å²) in [6, 6.07) is 5.61. The van der Waals surface area contributed by atoms with E-state index in [1.54, 1.807) is 23.9 Å². The summed E-state index contributed by atoms with van der Waals surface area (Å²) in [6.45, 7) is 6.92. The maximum Gasteiger partial charge on any atom is 0.410 e. The first-order valence-corrected chi connectivity index (χ1v) is 9.94. The molecule has 1 aliphatic heterocycles. The Bertz CT molecular complexity index is 898. The molecule has 6 nitrogen and oxygen atoms in total. The minimum Gasteiger partial charge on any atom is -0.444 e. The molecule has 1 saturated heterocycles. The van der Waals surface area contributed by atoms with Crippen molar-refractivity contribution in [3.8, 4) is 0 Å². The predicted octanol–water partition coefficient (Wildman–Crippen LogP) is 4.40. The fourth-order valence-corrected chi connectivity index (χ4v) is 3.82. The molecule has 1 aliphatic rings. The number of carbonyl (C=O) groups excluding carboxylic acids is 2. The van der Waals surface area contributed by atoms with E-state index in [0.29, 0.717) is 23.7 Å². The molecule has 2 aromatic rings. The highest BCUT2D eigenvalue weighted by Gasteiger charge is 2.33. The van der Waals surface area contributed by atoms with Crippen LogP contribution in [0.1, 0.15) is 44.0 Å². The molecule has 0 radical (unpaired) electrons. The van der Waals surface area contributed by atoms with Crippen molar-refractivity contribution >= 4 is 34.5 Å². The van der Waals surface area contributed by atoms with Gasteiger partial charge in [-0.3, -0.25) is 4.79 Å². The number of benzene rings is 1. The van der Waals surface area contributed by atoms with Crippen LogP contribution in [-0.2, 0) is 11.3 Å². The molecule has 1 aromatic carbocycles. The number of fused-ring (bicyclic) bond motifs is 1. The van der Waals surface area contributed by atoms with E-state index in [1.807, 2.05) is 45.2 Å². The maximum atomic E-state index is 12.6. The van der Waals surface area contributed by atoms with Crippen LogP contribution in [0, 0.1) is 0 Å². The number of ether oxygens (including phenoxy) is 1. The van der Waals surface area contributed by atoms with Crippen molar-refractivity contribution in [2.45, 2.75) is 51.8 Å². The molecule has 28 heavy (non-hydrogen) atoms. The maximum absolute atomic E-state index is 12.6. The molecule has 2 heterocycles. The van der Waals surface area contributed by atoms with E-state index < -0.39 is 5.60 Å². The average molecular weight is 406 g/mol. The zero-order valence-corrected chi connectivity index (χ0v) is 17.9. The first kappa shape index (κ1) is 20.5. The number of rotatable bonds is 3. The molecule has 1 fully saturated rings. The zero-order valence-electron chi connectivity index (χ0n) is 17.2. The van der Waals surface area contributed by atoms with Crippen LogP contribution in [0.25, 0.3) is 10.9 Å². The number of amides is 2. The summed E-state index contributed by atoms with van der Waals surface area (Å²) < 4.78 is 7.62. The molecule has 7 heteroatoms. The predicted molar refractivity (Wildman–Crippen MR) is 111 cm³/mol. The molecular weight excluding hydrogens is 378 g/mol. The molecule has 0 aliphatic carbocycles. The number of hydrogen-bond donors (Lipinski definition) is 0. The van der Waals surface area contributed by atoms with Crippen LogP contribution in [0.4, 0.5) is 4.79 Å². The molecule has 2 amide bonds. The van der Waals surface area contributed by atoms with E-state index in [4.69, 9.17) is 16.3 Å². The highest BCUT2D eigenvalue weighted by molar-refractivity contribution is 6.31. The standard InChI is InChI=1S/C21H28ClN3O3/c1-21(2,3)28-20(27)25-10-6-7-15(25)12-24-13-17(19(26)23(4)5)16-11-14(22)8-9-18(16)24/h8-9,11,13,15H,6-7,10,12H2,1-5H3/t15-/m0/s1. The van der Waals surface area contributed by atoms with Gasteiger partial charge in [-0.05, 0) is 51.8 Å². The lowest BCUT2D eigenvalue weighted by Crippen LogP contribution is -2.41. The summed E-state index contributed by atoms with van der Waals surface area (Å²) in [5.74, 6) is -0.0681. The zero-order chi connectivity index (χ0) is 20.6. The highest BCUT2D eigenvalue weighted by Crippen LogP contribution is 2.29. The van der Waals surface area contributed by atoms with Crippen LogP contribution in [0.15, 0.2) is 24.4 Å². The number of hydrogen-bond acceptors (Lipinski definition) is 3. The van der Waals surface area contributed by atoms with Gasteiger partial charge in [0.05, 0.1) is 11.6 Å². The summed E-state index contributed by atoms with van der Waals surface area (Å²) in [5.41, 5.74) is 1.03. The largest absolute Gasteiger partial charge is 0.444 e. The first-order valence-electron chi connectivity index (χ1n) is 9.56. The van der Waals surface area contributed by atoms with Gasteiger partial charge < -0.3 is 19.1 Å². The van der Waals surface area contributed by atoms with Crippen LogP contribution >= 0.6 is 11.6 Å². The molecule has 3 rings (SSSR count). The minimum atomic E-state index is -0.521. The number of carbonyl (C=O) groups is 2. The monoisotopic (exact) mass is 405 g/mol. The van der Waals surface area contributed by atoms with Gasteiger partial charge in [0.25, 0.3) is 5.91 Å². The van der Waals surface area contributed by atoms with Crippen molar-refractivity contribution in [1.82, 2.24) is 14.4 Å². The first-order chi connectivity index (χ1) is 13.1. The summed E-state index contributed by atoms with van der Waals surface area (Å²) in [7, 11) is 3.47. The molecule has 0 spiro atoms. The third-order valence-electron chi connectivity index (χ3n) is 4.89. The van der Waals surface area contributed by atoms with Gasteiger partial charge in [0.1, 0.15) is 5.60 Å². The SMILES string of the molecule is CN(C)C(=O)c1cn(C[C@@H]2CCCN2C(=O)OC(C)(C)C)c2ccc(Cl)cc12. The fourth-order valence-electron chi connectivity index (χ4n) is 3.65. The molecule has 0 bridgehead atoms. The Kier molecular flexibility index (Phi) is 5.62. The number of aromatic nitrogens is 1. The van der Waals surface area contributed by atoms with Crippen LogP contribution in [0.5, 0.6) is 0 Å². The third kappa shape index (κ3) is 4.27. The van der Waals surface area contributed by atoms with Crippen molar-refractivity contribution in [2.24, 2.45) is 0 Å². The van der Waals surface area contributed by atoms with Gasteiger partial charge in [0, 0.05) is 49.3 Å². The van der Waals surface area contributed by atoms with Crippen molar-refractivity contribution in [3.05, 3.63) is 35.0 Å². The Hall–Kier alpha value is -2.21. The van der Waals surface area contributed by atoms with Gasteiger partial charge in [-0.2, -0.15) is 0 Å². The molecule has 1 aromatic heterocycles. The topological polar surface area (TPSA) is 54.8 Å².